The molecule has 0 aliphatic carbocycles. The van der Waals surface area contributed by atoms with Crippen molar-refractivity contribution in [2.24, 2.45) is 0 Å². The highest BCUT2D eigenvalue weighted by Gasteiger charge is 2.32. The molecule has 6 heteroatoms. The summed E-state index contributed by atoms with van der Waals surface area (Å²) in [4.78, 5) is 35.6. The van der Waals surface area contributed by atoms with E-state index in [2.05, 4.69) is 5.32 Å². The lowest BCUT2D eigenvalue weighted by Gasteiger charge is -2.24. The summed E-state index contributed by atoms with van der Waals surface area (Å²) in [5.41, 5.74) is -0.309. The van der Waals surface area contributed by atoms with E-state index < -0.39 is 0 Å². The third-order valence-electron chi connectivity index (χ3n) is 3.38. The molecular formula is C12H18N2O4. The second-order valence-corrected chi connectivity index (χ2v) is 5.10. The topological polar surface area (TPSA) is 75.7 Å². The average Bonchev–Trinajstić information content (AvgIpc) is 2.85. The van der Waals surface area contributed by atoms with Crippen molar-refractivity contribution in [1.29, 1.82) is 0 Å². The Morgan fingerprint density at radius 2 is 2.06 bits per heavy atom. The standard InChI is InChI=1S/C12H18N2O4/c1-12(5-7-18-8-12)13-9(15)4-6-14-10(16)2-3-11(14)17/h2-8H2,1H3,(H,13,15)/t12-/m0/s1. The molecule has 0 aromatic heterocycles. The molecule has 0 radical (unpaired) electrons. The van der Waals surface area contributed by atoms with Crippen molar-refractivity contribution in [2.75, 3.05) is 19.8 Å². The number of amides is 3. The van der Waals surface area contributed by atoms with Crippen molar-refractivity contribution in [2.45, 2.75) is 38.1 Å². The quantitative estimate of drug-likeness (QED) is 0.706. The molecule has 1 N–H and O–H groups in total. The van der Waals surface area contributed by atoms with Gasteiger partial charge in [0.25, 0.3) is 0 Å². The van der Waals surface area contributed by atoms with Gasteiger partial charge in [0.2, 0.25) is 17.7 Å². The van der Waals surface area contributed by atoms with Gasteiger partial charge in [0.15, 0.2) is 0 Å². The number of carbonyl (C=O) groups excluding carboxylic acids is 3. The Hall–Kier alpha value is -1.43. The number of imide groups is 1. The maximum atomic E-state index is 11.8. The molecule has 2 saturated heterocycles. The first kappa shape index (κ1) is 13.0. The third-order valence-corrected chi connectivity index (χ3v) is 3.38. The first-order valence-corrected chi connectivity index (χ1v) is 6.22. The summed E-state index contributed by atoms with van der Waals surface area (Å²) in [6, 6.07) is 0. The lowest BCUT2D eigenvalue weighted by molar-refractivity contribution is -0.138. The molecule has 2 aliphatic heterocycles. The largest absolute Gasteiger partial charge is 0.379 e. The van der Waals surface area contributed by atoms with Crippen LogP contribution < -0.4 is 5.32 Å². The van der Waals surface area contributed by atoms with E-state index in [1.54, 1.807) is 0 Å². The first-order valence-electron chi connectivity index (χ1n) is 6.22. The minimum absolute atomic E-state index is 0.143. The van der Waals surface area contributed by atoms with Crippen LogP contribution in [0, 0.1) is 0 Å². The summed E-state index contributed by atoms with van der Waals surface area (Å²) in [5.74, 6) is -0.498. The van der Waals surface area contributed by atoms with Crippen LogP contribution in [0.25, 0.3) is 0 Å². The molecule has 0 bridgehead atoms. The normalized spacial score (nSPS) is 27.9. The zero-order valence-corrected chi connectivity index (χ0v) is 10.5. The van der Waals surface area contributed by atoms with E-state index in [9.17, 15) is 14.4 Å². The van der Waals surface area contributed by atoms with E-state index >= 15 is 0 Å². The van der Waals surface area contributed by atoms with E-state index in [0.717, 1.165) is 6.42 Å². The molecule has 2 fully saturated rings. The number of likely N-dealkylation sites (tertiary alicyclic amines) is 1. The van der Waals surface area contributed by atoms with E-state index in [4.69, 9.17) is 4.74 Å². The van der Waals surface area contributed by atoms with E-state index in [1.807, 2.05) is 6.92 Å². The summed E-state index contributed by atoms with van der Waals surface area (Å²) < 4.78 is 5.24. The number of hydrogen-bond acceptors (Lipinski definition) is 4. The number of ether oxygens (including phenoxy) is 1. The second-order valence-electron chi connectivity index (χ2n) is 5.10. The lowest BCUT2D eigenvalue weighted by atomic mass is 10.0. The van der Waals surface area contributed by atoms with Gasteiger partial charge in [-0.15, -0.1) is 0 Å². The SMILES string of the molecule is C[C@]1(NC(=O)CCN2C(=O)CCC2=O)CCOC1. The van der Waals surface area contributed by atoms with Crippen LogP contribution in [0.3, 0.4) is 0 Å². The van der Waals surface area contributed by atoms with Crippen molar-refractivity contribution >= 4 is 17.7 Å². The van der Waals surface area contributed by atoms with Crippen molar-refractivity contribution in [3.05, 3.63) is 0 Å². The van der Waals surface area contributed by atoms with Crippen LogP contribution in [0.15, 0.2) is 0 Å². The highest BCUT2D eigenvalue weighted by molar-refractivity contribution is 6.02. The fourth-order valence-corrected chi connectivity index (χ4v) is 2.25. The Bertz CT molecular complexity index is 358. The maximum absolute atomic E-state index is 11.8. The van der Waals surface area contributed by atoms with Gasteiger partial charge in [0, 0.05) is 32.4 Å². The summed E-state index contributed by atoms with van der Waals surface area (Å²) >= 11 is 0. The molecule has 0 saturated carbocycles. The molecule has 2 heterocycles. The van der Waals surface area contributed by atoms with Gasteiger partial charge in [0.1, 0.15) is 0 Å². The van der Waals surface area contributed by atoms with Crippen molar-refractivity contribution in [1.82, 2.24) is 10.2 Å². The van der Waals surface area contributed by atoms with Gasteiger partial charge in [-0.3, -0.25) is 19.3 Å². The molecule has 18 heavy (non-hydrogen) atoms. The highest BCUT2D eigenvalue weighted by atomic mass is 16.5. The van der Waals surface area contributed by atoms with Crippen LogP contribution >= 0.6 is 0 Å². The molecule has 1 atom stereocenters. The third kappa shape index (κ3) is 2.87. The monoisotopic (exact) mass is 254 g/mol. The Morgan fingerprint density at radius 3 is 2.61 bits per heavy atom. The Morgan fingerprint density at radius 1 is 1.39 bits per heavy atom. The van der Waals surface area contributed by atoms with E-state index in [0.29, 0.717) is 13.2 Å². The maximum Gasteiger partial charge on any atom is 0.229 e. The minimum atomic E-state index is -0.309. The second kappa shape index (κ2) is 5.06. The zero-order chi connectivity index (χ0) is 13.2. The molecule has 0 unspecified atom stereocenters. The molecule has 6 nitrogen and oxygen atoms in total. The average molecular weight is 254 g/mol. The van der Waals surface area contributed by atoms with Crippen molar-refractivity contribution < 1.29 is 19.1 Å². The van der Waals surface area contributed by atoms with E-state index in [1.165, 1.54) is 4.90 Å². The van der Waals surface area contributed by atoms with Gasteiger partial charge in [-0.1, -0.05) is 0 Å². The summed E-state index contributed by atoms with van der Waals surface area (Å²) in [6.45, 7) is 3.28. The van der Waals surface area contributed by atoms with Gasteiger partial charge < -0.3 is 10.1 Å². The molecule has 3 amide bonds. The first-order chi connectivity index (χ1) is 8.50. The predicted octanol–water partition coefficient (Wildman–Crippen LogP) is -0.179. The molecule has 100 valence electrons. The fraction of sp³-hybridized carbons (Fsp3) is 0.750. The fourth-order valence-electron chi connectivity index (χ4n) is 2.25. The number of nitrogens with zero attached hydrogens (tertiary/aromatic N) is 1. The molecule has 0 aromatic rings. The van der Waals surface area contributed by atoms with Crippen molar-refractivity contribution in [3.63, 3.8) is 0 Å². The molecule has 2 rings (SSSR count). The minimum Gasteiger partial charge on any atom is -0.379 e. The van der Waals surface area contributed by atoms with Crippen LogP contribution in [0.2, 0.25) is 0 Å². The van der Waals surface area contributed by atoms with Crippen LogP contribution in [0.1, 0.15) is 32.6 Å². The van der Waals surface area contributed by atoms with Crippen LogP contribution in [0.4, 0.5) is 0 Å². The van der Waals surface area contributed by atoms with Crippen molar-refractivity contribution in [3.8, 4) is 0 Å². The van der Waals surface area contributed by atoms with Gasteiger partial charge in [0.05, 0.1) is 12.1 Å². The zero-order valence-electron chi connectivity index (χ0n) is 10.5. The molecular weight excluding hydrogens is 236 g/mol. The van der Waals surface area contributed by atoms with Gasteiger partial charge in [-0.05, 0) is 13.3 Å². The van der Waals surface area contributed by atoms with Crippen LogP contribution in [-0.2, 0) is 19.1 Å². The molecule has 2 aliphatic rings. The highest BCUT2D eigenvalue weighted by Crippen LogP contribution is 2.18. The smallest absolute Gasteiger partial charge is 0.229 e. The van der Waals surface area contributed by atoms with Crippen LogP contribution in [0.5, 0.6) is 0 Å². The summed E-state index contributed by atoms with van der Waals surface area (Å²) in [7, 11) is 0. The summed E-state index contributed by atoms with van der Waals surface area (Å²) in [5, 5.41) is 2.90. The number of hydrogen-bond donors (Lipinski definition) is 1. The van der Waals surface area contributed by atoms with Gasteiger partial charge >= 0.3 is 0 Å². The molecule has 0 spiro atoms. The number of nitrogens with one attached hydrogen (secondary N) is 1. The number of carbonyl (C=O) groups is 3. The van der Waals surface area contributed by atoms with Gasteiger partial charge in [-0.2, -0.15) is 0 Å². The molecule has 0 aromatic carbocycles. The number of rotatable bonds is 4. The summed E-state index contributed by atoms with van der Waals surface area (Å²) in [6.07, 6.45) is 1.49. The Kier molecular flexibility index (Phi) is 3.65. The van der Waals surface area contributed by atoms with Gasteiger partial charge in [-0.25, -0.2) is 0 Å². The van der Waals surface area contributed by atoms with Crippen LogP contribution in [-0.4, -0.2) is 47.9 Å². The van der Waals surface area contributed by atoms with E-state index in [-0.39, 0.29) is 49.1 Å². The Balaban J connectivity index is 1.78. The predicted molar refractivity (Wildman–Crippen MR) is 62.6 cm³/mol. The Labute approximate surface area is 106 Å². The lowest BCUT2D eigenvalue weighted by Crippen LogP contribution is -2.47.